The molecule has 38 heavy (non-hydrogen) atoms. The Labute approximate surface area is 220 Å². The highest BCUT2D eigenvalue weighted by atomic mass is 16.5. The predicted octanol–water partition coefficient (Wildman–Crippen LogP) is 5.29. The van der Waals surface area contributed by atoms with E-state index in [-0.39, 0.29) is 29.8 Å². The number of amides is 1. The molecule has 1 aliphatic heterocycles. The number of carbonyl (C=O) groups is 3. The number of phenolic OH excluding ortho intramolecular Hbond substituents is 1. The highest BCUT2D eigenvalue weighted by Crippen LogP contribution is 2.43. The van der Waals surface area contributed by atoms with E-state index in [0.717, 1.165) is 5.56 Å². The molecule has 3 aromatic rings. The van der Waals surface area contributed by atoms with Gasteiger partial charge < -0.3 is 19.7 Å². The number of ketones is 1. The van der Waals surface area contributed by atoms with Crippen molar-refractivity contribution in [3.8, 4) is 11.5 Å². The van der Waals surface area contributed by atoms with Crippen LogP contribution in [0.4, 0.5) is 5.69 Å². The zero-order valence-corrected chi connectivity index (χ0v) is 21.6. The maximum Gasteiger partial charge on any atom is 0.338 e. The average Bonchev–Trinajstić information content (AvgIpc) is 3.15. The monoisotopic (exact) mass is 515 g/mol. The van der Waals surface area contributed by atoms with E-state index in [1.54, 1.807) is 37.3 Å². The molecule has 8 nitrogen and oxygen atoms in total. The van der Waals surface area contributed by atoms with Crippen LogP contribution in [0.5, 0.6) is 11.5 Å². The van der Waals surface area contributed by atoms with Crippen LogP contribution in [0, 0.1) is 6.92 Å². The Kier molecular flexibility index (Phi) is 7.52. The Hall–Kier alpha value is -4.59. The molecule has 1 heterocycles. The van der Waals surface area contributed by atoms with E-state index in [0.29, 0.717) is 28.1 Å². The molecule has 1 fully saturated rings. The van der Waals surface area contributed by atoms with Crippen molar-refractivity contribution < 1.29 is 34.1 Å². The van der Waals surface area contributed by atoms with Gasteiger partial charge in [0.15, 0.2) is 0 Å². The number of Topliss-reactive ketones (excluding diaryl/α,β-unsaturated/α-hetero) is 1. The summed E-state index contributed by atoms with van der Waals surface area (Å²) < 4.78 is 10.8. The van der Waals surface area contributed by atoms with E-state index in [1.165, 1.54) is 41.3 Å². The third kappa shape index (κ3) is 5.11. The number of hydrogen-bond acceptors (Lipinski definition) is 7. The van der Waals surface area contributed by atoms with Gasteiger partial charge in [-0.1, -0.05) is 12.1 Å². The molecule has 1 atom stereocenters. The molecule has 0 radical (unpaired) electrons. The summed E-state index contributed by atoms with van der Waals surface area (Å²) in [7, 11) is 0. The minimum Gasteiger partial charge on any atom is -0.508 e. The van der Waals surface area contributed by atoms with Crippen LogP contribution in [0.15, 0.2) is 72.3 Å². The molecule has 196 valence electrons. The van der Waals surface area contributed by atoms with Crippen LogP contribution in [0.1, 0.15) is 53.9 Å². The molecule has 4 rings (SSSR count). The largest absolute Gasteiger partial charge is 0.508 e. The number of nitrogens with zero attached hydrogens (tertiary/aromatic N) is 1. The summed E-state index contributed by atoms with van der Waals surface area (Å²) in [6.07, 6.45) is -0.0422. The topological polar surface area (TPSA) is 113 Å². The summed E-state index contributed by atoms with van der Waals surface area (Å²) in [6.45, 7) is 7.56. The van der Waals surface area contributed by atoms with Gasteiger partial charge in [-0.3, -0.25) is 14.5 Å². The van der Waals surface area contributed by atoms with Crippen LogP contribution >= 0.6 is 0 Å². The molecular formula is C30H29NO7. The number of ether oxygens (including phenoxy) is 2. The summed E-state index contributed by atoms with van der Waals surface area (Å²) in [5.74, 6) is -1.99. The van der Waals surface area contributed by atoms with E-state index < -0.39 is 23.7 Å². The second-order valence-electron chi connectivity index (χ2n) is 9.18. The van der Waals surface area contributed by atoms with E-state index in [4.69, 9.17) is 9.47 Å². The van der Waals surface area contributed by atoms with Gasteiger partial charge in [-0.05, 0) is 93.4 Å². The molecule has 0 aliphatic carbocycles. The third-order valence-corrected chi connectivity index (χ3v) is 6.10. The number of benzene rings is 3. The second kappa shape index (κ2) is 10.8. The summed E-state index contributed by atoms with van der Waals surface area (Å²) in [4.78, 5) is 40.0. The van der Waals surface area contributed by atoms with E-state index in [2.05, 4.69) is 0 Å². The van der Waals surface area contributed by atoms with Gasteiger partial charge in [0.25, 0.3) is 11.7 Å². The fourth-order valence-electron chi connectivity index (χ4n) is 4.42. The fourth-order valence-corrected chi connectivity index (χ4v) is 4.42. The zero-order chi connectivity index (χ0) is 27.6. The van der Waals surface area contributed by atoms with Gasteiger partial charge in [0.1, 0.15) is 17.3 Å². The standard InChI is InChI=1S/C30H29NO7/c1-5-37-30(36)19-9-12-22(13-10-19)31-26(20-7-6-8-23(32)16-20)25(28(34)29(31)35)27(33)21-11-14-24(18(4)15-21)38-17(2)3/h6-17,26,32-33H,5H2,1-4H3/b27-25-. The number of carbonyl (C=O) groups excluding carboxylic acids is 3. The Bertz CT molecular complexity index is 1420. The first-order valence-corrected chi connectivity index (χ1v) is 12.3. The Morgan fingerprint density at radius 2 is 1.68 bits per heavy atom. The highest BCUT2D eigenvalue weighted by molar-refractivity contribution is 6.51. The second-order valence-corrected chi connectivity index (χ2v) is 9.18. The molecule has 2 N–H and O–H groups in total. The number of aliphatic hydroxyl groups is 1. The van der Waals surface area contributed by atoms with Crippen molar-refractivity contribution in [3.05, 3.63) is 94.6 Å². The quantitative estimate of drug-likeness (QED) is 0.190. The van der Waals surface area contributed by atoms with Crippen LogP contribution in [-0.4, -0.2) is 40.6 Å². The maximum absolute atomic E-state index is 13.4. The van der Waals surface area contributed by atoms with Crippen molar-refractivity contribution in [2.75, 3.05) is 11.5 Å². The van der Waals surface area contributed by atoms with Gasteiger partial charge in [-0.15, -0.1) is 0 Å². The molecule has 3 aromatic carbocycles. The number of phenols is 1. The van der Waals surface area contributed by atoms with Crippen molar-refractivity contribution in [2.45, 2.75) is 39.8 Å². The van der Waals surface area contributed by atoms with Crippen LogP contribution in [0.25, 0.3) is 5.76 Å². The van der Waals surface area contributed by atoms with Crippen LogP contribution in [0.2, 0.25) is 0 Å². The number of esters is 1. The number of hydrogen-bond donors (Lipinski definition) is 2. The first kappa shape index (κ1) is 26.5. The van der Waals surface area contributed by atoms with Gasteiger partial charge in [0, 0.05) is 11.3 Å². The number of aryl methyl sites for hydroxylation is 1. The van der Waals surface area contributed by atoms with E-state index >= 15 is 0 Å². The first-order valence-electron chi connectivity index (χ1n) is 12.3. The Morgan fingerprint density at radius 1 is 1.00 bits per heavy atom. The van der Waals surface area contributed by atoms with Gasteiger partial charge in [-0.2, -0.15) is 0 Å². The van der Waals surface area contributed by atoms with Crippen molar-refractivity contribution in [2.24, 2.45) is 0 Å². The minimum atomic E-state index is -1.03. The first-order chi connectivity index (χ1) is 18.1. The summed E-state index contributed by atoms with van der Waals surface area (Å²) >= 11 is 0. The van der Waals surface area contributed by atoms with E-state index in [9.17, 15) is 24.6 Å². The van der Waals surface area contributed by atoms with Crippen molar-refractivity contribution in [3.63, 3.8) is 0 Å². The normalized spacial score (nSPS) is 16.7. The summed E-state index contributed by atoms with van der Waals surface area (Å²) in [6, 6.07) is 16.2. The molecule has 0 aromatic heterocycles. The SMILES string of the molecule is CCOC(=O)c1ccc(N2C(=O)C(=O)/C(=C(\O)c3ccc(OC(C)C)c(C)c3)C2c2cccc(O)c2)cc1. The lowest BCUT2D eigenvalue weighted by molar-refractivity contribution is -0.132. The van der Waals surface area contributed by atoms with Crippen LogP contribution in [0.3, 0.4) is 0 Å². The van der Waals surface area contributed by atoms with E-state index in [1.807, 2.05) is 20.8 Å². The number of aliphatic hydroxyl groups excluding tert-OH is 1. The molecule has 0 bridgehead atoms. The fraction of sp³-hybridized carbons (Fsp3) is 0.233. The summed E-state index contributed by atoms with van der Waals surface area (Å²) in [5, 5.41) is 21.5. The van der Waals surface area contributed by atoms with Gasteiger partial charge >= 0.3 is 5.97 Å². The summed E-state index contributed by atoms with van der Waals surface area (Å²) in [5.41, 5.74) is 2.04. The highest BCUT2D eigenvalue weighted by Gasteiger charge is 2.47. The molecule has 1 amide bonds. The van der Waals surface area contributed by atoms with Crippen LogP contribution < -0.4 is 9.64 Å². The predicted molar refractivity (Wildman–Crippen MR) is 142 cm³/mol. The van der Waals surface area contributed by atoms with Crippen molar-refractivity contribution >= 4 is 29.1 Å². The molecule has 0 saturated carbocycles. The Morgan fingerprint density at radius 3 is 2.29 bits per heavy atom. The lowest BCUT2D eigenvalue weighted by Gasteiger charge is -2.25. The molecule has 0 spiro atoms. The number of rotatable bonds is 7. The lowest BCUT2D eigenvalue weighted by atomic mass is 9.94. The number of aromatic hydroxyl groups is 1. The van der Waals surface area contributed by atoms with Crippen LogP contribution in [-0.2, 0) is 14.3 Å². The van der Waals surface area contributed by atoms with Gasteiger partial charge in [0.2, 0.25) is 0 Å². The average molecular weight is 516 g/mol. The zero-order valence-electron chi connectivity index (χ0n) is 21.6. The van der Waals surface area contributed by atoms with Gasteiger partial charge in [0.05, 0.1) is 29.9 Å². The Balaban J connectivity index is 1.85. The molecule has 1 saturated heterocycles. The number of anilines is 1. The van der Waals surface area contributed by atoms with Crippen molar-refractivity contribution in [1.29, 1.82) is 0 Å². The molecule has 8 heteroatoms. The molecule has 1 aliphatic rings. The third-order valence-electron chi connectivity index (χ3n) is 6.10. The lowest BCUT2D eigenvalue weighted by Crippen LogP contribution is -2.29. The molecule has 1 unspecified atom stereocenters. The maximum atomic E-state index is 13.4. The van der Waals surface area contributed by atoms with Gasteiger partial charge in [-0.25, -0.2) is 4.79 Å². The minimum absolute atomic E-state index is 0.0422. The van der Waals surface area contributed by atoms with Crippen molar-refractivity contribution in [1.82, 2.24) is 0 Å². The smallest absolute Gasteiger partial charge is 0.338 e. The molecular weight excluding hydrogens is 486 g/mol.